The number of hydrogen-bond donors (Lipinski definition) is 2. The number of carbonyl (C=O) groups is 2. The molecule has 14 heteroatoms. The van der Waals surface area contributed by atoms with Gasteiger partial charge in [0.05, 0.1) is 49.6 Å². The van der Waals surface area contributed by atoms with Crippen LogP contribution in [0.2, 0.25) is 0 Å². The zero-order valence-corrected chi connectivity index (χ0v) is 22.2. The molecule has 0 saturated carbocycles. The zero-order valence-electron chi connectivity index (χ0n) is 22.2. The van der Waals surface area contributed by atoms with Crippen molar-refractivity contribution in [1.29, 1.82) is 0 Å². The molecule has 2 atom stereocenters. The van der Waals surface area contributed by atoms with Crippen LogP contribution < -0.4 is 14.8 Å². The van der Waals surface area contributed by atoms with Gasteiger partial charge in [-0.3, -0.25) is 9.59 Å². The zero-order chi connectivity index (χ0) is 28.3. The Morgan fingerprint density at radius 3 is 3.00 bits per heavy atom. The van der Waals surface area contributed by atoms with Crippen molar-refractivity contribution in [3.05, 3.63) is 65.5 Å². The van der Waals surface area contributed by atoms with Crippen LogP contribution in [0.5, 0.6) is 11.5 Å². The van der Waals surface area contributed by atoms with E-state index in [1.165, 1.54) is 19.2 Å². The molecule has 0 unspecified atom stereocenters. The van der Waals surface area contributed by atoms with E-state index in [4.69, 9.17) is 18.9 Å². The van der Waals surface area contributed by atoms with Crippen LogP contribution in [-0.4, -0.2) is 87.2 Å². The number of amides is 2. The highest BCUT2D eigenvalue weighted by Gasteiger charge is 2.37. The maximum Gasteiger partial charge on any atom is 0.251 e. The quantitative estimate of drug-likeness (QED) is 0.367. The van der Waals surface area contributed by atoms with Gasteiger partial charge in [-0.05, 0) is 36.4 Å². The Bertz CT molecular complexity index is 1570. The maximum atomic E-state index is 13.5. The number of methoxy groups -OCH3 is 1. The third-order valence-corrected chi connectivity index (χ3v) is 6.93. The average Bonchev–Trinajstić information content (AvgIpc) is 3.69. The number of imidazole rings is 1. The smallest absolute Gasteiger partial charge is 0.251 e. The lowest BCUT2D eigenvalue weighted by Crippen LogP contribution is -2.44. The molecule has 41 heavy (non-hydrogen) atoms. The Balaban J connectivity index is 1.14. The third-order valence-electron chi connectivity index (χ3n) is 6.93. The molecule has 2 aliphatic rings. The molecule has 4 aromatic rings. The molecular weight excluding hydrogens is 537 g/mol. The van der Waals surface area contributed by atoms with Crippen LogP contribution in [0.25, 0.3) is 11.0 Å². The van der Waals surface area contributed by atoms with Crippen molar-refractivity contribution in [3.8, 4) is 11.5 Å². The predicted octanol–water partition coefficient (Wildman–Crippen LogP) is 1.44. The minimum atomic E-state index is -0.489. The standard InChI is InChI=1S/C27H28FN7O6/c1-38-22-5-2-16-8-23(22)40-7-6-35-10-18(32-33-35)13-41-24-12-34(11-21(24)31-27(16)37)26(36)15-39-14-25-29-19-4-3-17(28)9-20(19)30-25/h2-5,8-10,21,24H,6-7,11-15H2,1H3,(H,29,30)(H,31,37)/t21-,24-/m0/s1. The van der Waals surface area contributed by atoms with Gasteiger partial charge in [-0.15, -0.1) is 5.10 Å². The number of nitrogens with zero attached hydrogens (tertiary/aromatic N) is 5. The fourth-order valence-electron chi connectivity index (χ4n) is 4.85. The molecule has 1 fully saturated rings. The van der Waals surface area contributed by atoms with Gasteiger partial charge in [0.25, 0.3) is 5.91 Å². The summed E-state index contributed by atoms with van der Waals surface area (Å²) in [5.74, 6) is 0.442. The molecule has 13 nitrogen and oxygen atoms in total. The van der Waals surface area contributed by atoms with Crippen molar-refractivity contribution >= 4 is 22.8 Å². The molecule has 4 heterocycles. The van der Waals surface area contributed by atoms with Gasteiger partial charge in [-0.2, -0.15) is 0 Å². The van der Waals surface area contributed by atoms with E-state index in [0.29, 0.717) is 52.8 Å². The fourth-order valence-corrected chi connectivity index (χ4v) is 4.85. The number of aromatic nitrogens is 5. The van der Waals surface area contributed by atoms with Crippen LogP contribution in [0.15, 0.2) is 42.6 Å². The first kappa shape index (κ1) is 26.7. The molecule has 2 aliphatic heterocycles. The normalized spacial score (nSPS) is 19.2. The second-order valence-corrected chi connectivity index (χ2v) is 9.75. The molecule has 214 valence electrons. The number of fused-ring (bicyclic) bond motifs is 6. The Morgan fingerprint density at radius 1 is 1.22 bits per heavy atom. The Hall–Kier alpha value is -4.56. The van der Waals surface area contributed by atoms with E-state index >= 15 is 0 Å². The number of aromatic amines is 1. The lowest BCUT2D eigenvalue weighted by atomic mass is 10.1. The third kappa shape index (κ3) is 5.98. The summed E-state index contributed by atoms with van der Waals surface area (Å²) >= 11 is 0. The van der Waals surface area contributed by atoms with Crippen molar-refractivity contribution in [2.75, 3.05) is 33.4 Å². The molecule has 2 aromatic carbocycles. The van der Waals surface area contributed by atoms with E-state index in [0.717, 1.165) is 0 Å². The first-order chi connectivity index (χ1) is 19.9. The van der Waals surface area contributed by atoms with Crippen LogP contribution in [0, 0.1) is 5.82 Å². The van der Waals surface area contributed by atoms with Gasteiger partial charge in [-0.25, -0.2) is 14.1 Å². The van der Waals surface area contributed by atoms with Crippen molar-refractivity contribution < 1.29 is 32.9 Å². The highest BCUT2D eigenvalue weighted by molar-refractivity contribution is 5.95. The molecule has 0 spiro atoms. The number of H-pyrrole nitrogens is 1. The Kier molecular flexibility index (Phi) is 7.48. The fraction of sp³-hybridized carbons (Fsp3) is 0.370. The Labute approximate surface area is 233 Å². The van der Waals surface area contributed by atoms with E-state index in [-0.39, 0.29) is 50.5 Å². The summed E-state index contributed by atoms with van der Waals surface area (Å²) in [7, 11) is 1.53. The van der Waals surface area contributed by atoms with Crippen LogP contribution in [0.3, 0.4) is 0 Å². The number of benzene rings is 2. The summed E-state index contributed by atoms with van der Waals surface area (Å²) in [6.07, 6.45) is 1.28. The molecule has 0 aliphatic carbocycles. The topological polar surface area (TPSA) is 146 Å². The number of ether oxygens (including phenoxy) is 4. The summed E-state index contributed by atoms with van der Waals surface area (Å²) in [6, 6.07) is 8.71. The van der Waals surface area contributed by atoms with Crippen molar-refractivity contribution in [2.24, 2.45) is 0 Å². The number of hydrogen-bond acceptors (Lipinski definition) is 9. The first-order valence-corrected chi connectivity index (χ1v) is 13.1. The summed E-state index contributed by atoms with van der Waals surface area (Å²) in [5, 5.41) is 11.3. The van der Waals surface area contributed by atoms with Gasteiger partial charge >= 0.3 is 0 Å². The van der Waals surface area contributed by atoms with Gasteiger partial charge in [0.2, 0.25) is 5.91 Å². The van der Waals surface area contributed by atoms with Gasteiger partial charge in [0, 0.05) is 18.7 Å². The van der Waals surface area contributed by atoms with Gasteiger partial charge in [0.15, 0.2) is 11.5 Å². The van der Waals surface area contributed by atoms with Gasteiger partial charge in [-0.1, -0.05) is 5.21 Å². The van der Waals surface area contributed by atoms with Crippen LogP contribution >= 0.6 is 0 Å². The van der Waals surface area contributed by atoms with E-state index in [1.54, 1.807) is 40.0 Å². The van der Waals surface area contributed by atoms with E-state index < -0.39 is 12.1 Å². The molecule has 4 bridgehead atoms. The van der Waals surface area contributed by atoms with Crippen LogP contribution in [0.4, 0.5) is 4.39 Å². The summed E-state index contributed by atoms with van der Waals surface area (Å²) < 4.78 is 38.1. The second kappa shape index (κ2) is 11.5. The summed E-state index contributed by atoms with van der Waals surface area (Å²) in [6.45, 7) is 1.22. The highest BCUT2D eigenvalue weighted by Crippen LogP contribution is 2.28. The number of likely N-dealkylation sites (tertiary alicyclic amines) is 1. The van der Waals surface area contributed by atoms with Crippen LogP contribution in [-0.2, 0) is 34.0 Å². The second-order valence-electron chi connectivity index (χ2n) is 9.75. The SMILES string of the molecule is COc1ccc2cc1OCCn1cc(nn1)CO[C@H]1CN(C(=O)COCc3nc4ccc(F)cc4[nH]3)C[C@@H]1NC2=O. The maximum absolute atomic E-state index is 13.5. The first-order valence-electron chi connectivity index (χ1n) is 13.1. The predicted molar refractivity (Wildman–Crippen MR) is 141 cm³/mol. The monoisotopic (exact) mass is 565 g/mol. The van der Waals surface area contributed by atoms with E-state index in [2.05, 4.69) is 25.6 Å². The molecular formula is C27H28FN7O6. The van der Waals surface area contributed by atoms with Gasteiger partial charge < -0.3 is 34.1 Å². The Morgan fingerprint density at radius 2 is 2.12 bits per heavy atom. The number of halogens is 1. The lowest BCUT2D eigenvalue weighted by molar-refractivity contribution is -0.136. The molecule has 6 rings (SSSR count). The van der Waals surface area contributed by atoms with Crippen molar-refractivity contribution in [3.63, 3.8) is 0 Å². The van der Waals surface area contributed by atoms with E-state index in [9.17, 15) is 14.0 Å². The van der Waals surface area contributed by atoms with E-state index in [1.807, 2.05) is 0 Å². The largest absolute Gasteiger partial charge is 0.493 e. The number of carbonyl (C=O) groups excluding carboxylic acids is 2. The minimum Gasteiger partial charge on any atom is -0.493 e. The number of nitrogens with one attached hydrogen (secondary N) is 2. The molecule has 1 saturated heterocycles. The summed E-state index contributed by atoms with van der Waals surface area (Å²) in [4.78, 5) is 35.2. The highest BCUT2D eigenvalue weighted by atomic mass is 19.1. The molecule has 2 aromatic heterocycles. The number of rotatable bonds is 5. The lowest BCUT2D eigenvalue weighted by Gasteiger charge is -2.20. The van der Waals surface area contributed by atoms with Gasteiger partial charge in [0.1, 0.15) is 37.2 Å². The van der Waals surface area contributed by atoms with Crippen molar-refractivity contribution in [1.82, 2.24) is 35.2 Å². The average molecular weight is 566 g/mol. The molecule has 0 radical (unpaired) electrons. The van der Waals surface area contributed by atoms with Crippen LogP contribution in [0.1, 0.15) is 21.9 Å². The minimum absolute atomic E-state index is 0.0491. The summed E-state index contributed by atoms with van der Waals surface area (Å²) in [5.41, 5.74) is 2.16. The molecule has 2 N–H and O–H groups in total. The molecule has 2 amide bonds. The van der Waals surface area contributed by atoms with Crippen molar-refractivity contribution in [2.45, 2.75) is 31.9 Å².